The average molecular weight is 409 g/mol. The quantitative estimate of drug-likeness (QED) is 0.489. The Morgan fingerprint density at radius 2 is 1.90 bits per heavy atom. The van der Waals surface area contributed by atoms with Crippen LogP contribution in [0.3, 0.4) is 0 Å². The van der Waals surface area contributed by atoms with Crippen molar-refractivity contribution in [1.82, 2.24) is 24.6 Å². The van der Waals surface area contributed by atoms with Gasteiger partial charge in [0, 0.05) is 24.3 Å². The minimum Gasteiger partial charge on any atom is -0.449 e. The standard InChI is InChI=1S/C21H27N7O2/c1-2-3-12-30-21(29)27-10-8-16(9-11-27)28-20-17(19(23)24-13-25-20)18(26-28)14-4-6-15(22)7-5-14/h4-7,13,16H,2-3,8-12,22H2,1H3,(H2,23,24,25). The van der Waals surface area contributed by atoms with E-state index in [9.17, 15) is 4.79 Å². The summed E-state index contributed by atoms with van der Waals surface area (Å²) in [4.78, 5) is 22.6. The molecule has 4 rings (SSSR count). The lowest BCUT2D eigenvalue weighted by Crippen LogP contribution is -2.39. The number of nitrogens with zero attached hydrogens (tertiary/aromatic N) is 5. The molecule has 0 spiro atoms. The molecule has 0 bridgehead atoms. The molecule has 9 nitrogen and oxygen atoms in total. The molecule has 1 aliphatic rings. The van der Waals surface area contributed by atoms with Gasteiger partial charge in [-0.2, -0.15) is 5.10 Å². The highest BCUT2D eigenvalue weighted by atomic mass is 16.6. The van der Waals surface area contributed by atoms with Crippen LogP contribution in [0.1, 0.15) is 38.6 Å². The van der Waals surface area contributed by atoms with Crippen LogP contribution in [0.2, 0.25) is 0 Å². The molecule has 0 unspecified atom stereocenters. The summed E-state index contributed by atoms with van der Waals surface area (Å²) in [6, 6.07) is 7.63. The summed E-state index contributed by atoms with van der Waals surface area (Å²) in [5, 5.41) is 5.60. The van der Waals surface area contributed by atoms with Crippen LogP contribution in [0.4, 0.5) is 16.3 Å². The molecule has 30 heavy (non-hydrogen) atoms. The number of fused-ring (bicyclic) bond motifs is 1. The zero-order valence-electron chi connectivity index (χ0n) is 17.1. The predicted octanol–water partition coefficient (Wildman–Crippen LogP) is 3.23. The van der Waals surface area contributed by atoms with Crippen LogP contribution in [-0.4, -0.2) is 50.4 Å². The molecule has 1 amide bonds. The second kappa shape index (κ2) is 8.56. The van der Waals surface area contributed by atoms with E-state index < -0.39 is 0 Å². The fourth-order valence-corrected chi connectivity index (χ4v) is 3.78. The van der Waals surface area contributed by atoms with Crippen LogP contribution in [0, 0.1) is 0 Å². The van der Waals surface area contributed by atoms with E-state index >= 15 is 0 Å². The van der Waals surface area contributed by atoms with Crippen molar-refractivity contribution in [1.29, 1.82) is 0 Å². The molecule has 0 radical (unpaired) electrons. The van der Waals surface area contributed by atoms with Crippen LogP contribution in [0.25, 0.3) is 22.3 Å². The fraction of sp³-hybridized carbons (Fsp3) is 0.429. The van der Waals surface area contributed by atoms with Gasteiger partial charge in [0.25, 0.3) is 0 Å². The van der Waals surface area contributed by atoms with E-state index in [1.807, 2.05) is 28.9 Å². The number of rotatable bonds is 5. The third-order valence-electron chi connectivity index (χ3n) is 5.49. The maximum atomic E-state index is 12.2. The lowest BCUT2D eigenvalue weighted by molar-refractivity contribution is 0.0868. The highest BCUT2D eigenvalue weighted by molar-refractivity contribution is 5.98. The molecule has 0 aliphatic carbocycles. The fourth-order valence-electron chi connectivity index (χ4n) is 3.78. The normalized spacial score (nSPS) is 14.9. The van der Waals surface area contributed by atoms with Gasteiger partial charge in [-0.15, -0.1) is 0 Å². The first-order valence-corrected chi connectivity index (χ1v) is 10.3. The number of anilines is 2. The third-order valence-corrected chi connectivity index (χ3v) is 5.49. The van der Waals surface area contributed by atoms with Gasteiger partial charge in [0.15, 0.2) is 5.65 Å². The minimum absolute atomic E-state index is 0.115. The second-order valence-corrected chi connectivity index (χ2v) is 7.56. The number of ether oxygens (including phenoxy) is 1. The first-order chi connectivity index (χ1) is 14.6. The SMILES string of the molecule is CCCCOC(=O)N1CCC(n2nc(-c3ccc(N)cc3)c3c(N)ncnc32)CC1. The van der Waals surface area contributed by atoms with E-state index in [1.165, 1.54) is 6.33 Å². The number of benzene rings is 1. The number of nitrogen functional groups attached to an aromatic ring is 2. The topological polar surface area (TPSA) is 125 Å². The summed E-state index contributed by atoms with van der Waals surface area (Å²) in [7, 11) is 0. The molecular formula is C21H27N7O2. The van der Waals surface area contributed by atoms with Gasteiger partial charge < -0.3 is 21.1 Å². The van der Waals surface area contributed by atoms with Gasteiger partial charge in [-0.25, -0.2) is 19.4 Å². The van der Waals surface area contributed by atoms with E-state index in [2.05, 4.69) is 16.9 Å². The lowest BCUT2D eigenvalue weighted by Gasteiger charge is -2.31. The monoisotopic (exact) mass is 409 g/mol. The molecule has 3 heterocycles. The number of carbonyl (C=O) groups excluding carboxylic acids is 1. The van der Waals surface area contributed by atoms with E-state index in [-0.39, 0.29) is 12.1 Å². The number of carbonyl (C=O) groups is 1. The number of hydrogen-bond acceptors (Lipinski definition) is 7. The van der Waals surface area contributed by atoms with Gasteiger partial charge >= 0.3 is 6.09 Å². The zero-order chi connectivity index (χ0) is 21.1. The van der Waals surface area contributed by atoms with E-state index in [0.29, 0.717) is 36.8 Å². The van der Waals surface area contributed by atoms with Crippen LogP contribution in [0.5, 0.6) is 0 Å². The van der Waals surface area contributed by atoms with Crippen molar-refractivity contribution < 1.29 is 9.53 Å². The van der Waals surface area contributed by atoms with Gasteiger partial charge in [0.1, 0.15) is 17.8 Å². The van der Waals surface area contributed by atoms with Crippen LogP contribution in [-0.2, 0) is 4.74 Å². The number of nitrogens with two attached hydrogens (primary N) is 2. The summed E-state index contributed by atoms with van der Waals surface area (Å²) in [5.41, 5.74) is 15.1. The molecule has 1 fully saturated rings. The number of piperidine rings is 1. The Hall–Kier alpha value is -3.36. The predicted molar refractivity (Wildman–Crippen MR) is 116 cm³/mol. The molecular weight excluding hydrogens is 382 g/mol. The Labute approximate surface area is 175 Å². The lowest BCUT2D eigenvalue weighted by atomic mass is 10.1. The summed E-state index contributed by atoms with van der Waals surface area (Å²) >= 11 is 0. The second-order valence-electron chi connectivity index (χ2n) is 7.56. The summed E-state index contributed by atoms with van der Waals surface area (Å²) in [6.07, 6.45) is 4.65. The Balaban J connectivity index is 1.58. The minimum atomic E-state index is -0.235. The molecule has 1 aliphatic heterocycles. The Kier molecular flexibility index (Phi) is 5.69. The number of unbranched alkanes of at least 4 members (excludes halogenated alkanes) is 1. The maximum absolute atomic E-state index is 12.2. The number of hydrogen-bond donors (Lipinski definition) is 2. The molecule has 0 saturated carbocycles. The Morgan fingerprint density at radius 1 is 1.17 bits per heavy atom. The van der Waals surface area contributed by atoms with Gasteiger partial charge in [-0.3, -0.25) is 0 Å². The van der Waals surface area contributed by atoms with Crippen molar-refractivity contribution in [2.24, 2.45) is 0 Å². The molecule has 0 atom stereocenters. The van der Waals surface area contributed by atoms with E-state index in [4.69, 9.17) is 21.3 Å². The van der Waals surface area contributed by atoms with Crippen molar-refractivity contribution >= 4 is 28.6 Å². The maximum Gasteiger partial charge on any atom is 0.409 e. The molecule has 1 saturated heterocycles. The summed E-state index contributed by atoms with van der Waals surface area (Å²) in [5.74, 6) is 0.398. The van der Waals surface area contributed by atoms with Crippen molar-refractivity contribution in [3.05, 3.63) is 30.6 Å². The number of aromatic nitrogens is 4. The summed E-state index contributed by atoms with van der Waals surface area (Å²) < 4.78 is 7.27. The van der Waals surface area contributed by atoms with Crippen molar-refractivity contribution in [2.75, 3.05) is 31.2 Å². The largest absolute Gasteiger partial charge is 0.449 e. The molecule has 2 aromatic heterocycles. The highest BCUT2D eigenvalue weighted by Gasteiger charge is 2.28. The van der Waals surface area contributed by atoms with Crippen molar-refractivity contribution in [3.8, 4) is 11.3 Å². The van der Waals surface area contributed by atoms with Crippen molar-refractivity contribution in [2.45, 2.75) is 38.6 Å². The number of amides is 1. The Morgan fingerprint density at radius 3 is 2.60 bits per heavy atom. The van der Waals surface area contributed by atoms with Gasteiger partial charge in [-0.1, -0.05) is 25.5 Å². The molecule has 3 aromatic rings. The van der Waals surface area contributed by atoms with E-state index in [1.54, 1.807) is 4.90 Å². The summed E-state index contributed by atoms with van der Waals surface area (Å²) in [6.45, 7) is 3.78. The van der Waals surface area contributed by atoms with Crippen molar-refractivity contribution in [3.63, 3.8) is 0 Å². The van der Waals surface area contributed by atoms with Gasteiger partial charge in [-0.05, 0) is 31.4 Å². The zero-order valence-corrected chi connectivity index (χ0v) is 17.1. The van der Waals surface area contributed by atoms with E-state index in [0.717, 1.165) is 42.3 Å². The van der Waals surface area contributed by atoms with Gasteiger partial charge in [0.05, 0.1) is 18.0 Å². The van der Waals surface area contributed by atoms with Gasteiger partial charge in [0.2, 0.25) is 0 Å². The highest BCUT2D eigenvalue weighted by Crippen LogP contribution is 2.34. The Bertz CT molecular complexity index is 1020. The van der Waals surface area contributed by atoms with Crippen LogP contribution < -0.4 is 11.5 Å². The number of likely N-dealkylation sites (tertiary alicyclic amines) is 1. The third kappa shape index (κ3) is 3.87. The molecule has 1 aromatic carbocycles. The molecule has 4 N–H and O–H groups in total. The molecule has 158 valence electrons. The smallest absolute Gasteiger partial charge is 0.409 e. The average Bonchev–Trinajstić information content (AvgIpc) is 3.15. The first kappa shape index (κ1) is 19.9. The van der Waals surface area contributed by atoms with Crippen LogP contribution in [0.15, 0.2) is 30.6 Å². The van der Waals surface area contributed by atoms with Crippen LogP contribution >= 0.6 is 0 Å². The molecule has 9 heteroatoms. The first-order valence-electron chi connectivity index (χ1n) is 10.3.